The summed E-state index contributed by atoms with van der Waals surface area (Å²) in [6, 6.07) is 13.3. The van der Waals surface area contributed by atoms with Crippen LogP contribution in [0.15, 0.2) is 36.4 Å². The molecule has 126 valence electrons. The van der Waals surface area contributed by atoms with Gasteiger partial charge in [0.15, 0.2) is 0 Å². The molecule has 0 aromatic heterocycles. The van der Waals surface area contributed by atoms with Crippen LogP contribution in [0.5, 0.6) is 0 Å². The molecule has 2 heterocycles. The van der Waals surface area contributed by atoms with Crippen LogP contribution in [0.3, 0.4) is 0 Å². The van der Waals surface area contributed by atoms with Crippen LogP contribution in [-0.4, -0.2) is 19.6 Å². The second kappa shape index (κ2) is 5.89. The smallest absolute Gasteiger partial charge is 0.137 e. The minimum absolute atomic E-state index is 0.415. The first-order valence-electron chi connectivity index (χ1n) is 9.24. The number of fused-ring (bicyclic) bond motifs is 2. The van der Waals surface area contributed by atoms with Crippen molar-refractivity contribution in [3.8, 4) is 0 Å². The van der Waals surface area contributed by atoms with E-state index in [1.807, 2.05) is 12.1 Å². The van der Waals surface area contributed by atoms with Crippen molar-refractivity contribution in [2.24, 2.45) is 5.92 Å². The summed E-state index contributed by atoms with van der Waals surface area (Å²) in [5.41, 5.74) is 7.26. The van der Waals surface area contributed by atoms with Gasteiger partial charge in [0.05, 0.1) is 19.6 Å². The number of quaternary nitrogens is 1. The monoisotopic (exact) mass is 340 g/mol. The van der Waals surface area contributed by atoms with E-state index in [4.69, 9.17) is 11.6 Å². The Bertz CT molecular complexity index is 774. The summed E-state index contributed by atoms with van der Waals surface area (Å²) >= 11 is 6.62. The molecule has 2 atom stereocenters. The Morgan fingerprint density at radius 3 is 2.46 bits per heavy atom. The molecule has 0 saturated carbocycles. The minimum atomic E-state index is 0.415. The van der Waals surface area contributed by atoms with Crippen molar-refractivity contribution in [2.45, 2.75) is 39.5 Å². The summed E-state index contributed by atoms with van der Waals surface area (Å²) in [7, 11) is 0. The number of hydrogen-bond acceptors (Lipinski definition) is 0. The minimum Gasteiger partial charge on any atom is -0.291 e. The summed E-state index contributed by atoms with van der Waals surface area (Å²) in [5.74, 6) is 1.02. The number of aryl methyl sites for hydroxylation is 2. The highest BCUT2D eigenvalue weighted by molar-refractivity contribution is 6.31. The van der Waals surface area contributed by atoms with E-state index in [0.717, 1.165) is 5.02 Å². The van der Waals surface area contributed by atoms with E-state index >= 15 is 0 Å². The lowest BCUT2D eigenvalue weighted by molar-refractivity contribution is 0.248. The number of rotatable bonds is 1. The van der Waals surface area contributed by atoms with E-state index in [9.17, 15) is 0 Å². The van der Waals surface area contributed by atoms with Crippen LogP contribution < -0.4 is 4.48 Å². The van der Waals surface area contributed by atoms with Gasteiger partial charge in [0.1, 0.15) is 5.69 Å². The molecule has 0 N–H and O–H groups in total. The van der Waals surface area contributed by atoms with Crippen molar-refractivity contribution in [1.29, 1.82) is 0 Å². The van der Waals surface area contributed by atoms with Crippen LogP contribution in [0, 0.1) is 19.8 Å². The summed E-state index contributed by atoms with van der Waals surface area (Å²) in [6.45, 7) is 10.8. The van der Waals surface area contributed by atoms with E-state index < -0.39 is 0 Å². The Kier molecular flexibility index (Phi) is 3.97. The van der Waals surface area contributed by atoms with Gasteiger partial charge < -0.3 is 0 Å². The number of benzene rings is 2. The third kappa shape index (κ3) is 2.41. The zero-order chi connectivity index (χ0) is 16.9. The quantitative estimate of drug-likeness (QED) is 0.572. The largest absolute Gasteiger partial charge is 0.291 e. The van der Waals surface area contributed by atoms with E-state index in [2.05, 4.69) is 45.0 Å². The lowest BCUT2D eigenvalue weighted by Gasteiger charge is -2.45. The van der Waals surface area contributed by atoms with Gasteiger partial charge in [0, 0.05) is 41.3 Å². The van der Waals surface area contributed by atoms with E-state index in [-0.39, 0.29) is 0 Å². The van der Waals surface area contributed by atoms with Crippen LogP contribution in [0.4, 0.5) is 5.69 Å². The maximum atomic E-state index is 6.62. The van der Waals surface area contributed by atoms with Gasteiger partial charge in [-0.15, -0.1) is 0 Å². The maximum Gasteiger partial charge on any atom is 0.137 e. The fourth-order valence-electron chi connectivity index (χ4n) is 5.35. The molecular formula is C22H27ClN+. The van der Waals surface area contributed by atoms with Gasteiger partial charge in [-0.05, 0) is 36.6 Å². The van der Waals surface area contributed by atoms with Crippen LogP contribution in [-0.2, 0) is 0 Å². The Balaban J connectivity index is 1.96. The predicted molar refractivity (Wildman–Crippen MR) is 104 cm³/mol. The van der Waals surface area contributed by atoms with Gasteiger partial charge in [0.2, 0.25) is 0 Å². The summed E-state index contributed by atoms with van der Waals surface area (Å²) in [5, 5.41) is 0.912. The number of nitrogens with zero attached hydrogens (tertiary/aromatic N) is 1. The van der Waals surface area contributed by atoms with E-state index in [1.165, 1.54) is 53.6 Å². The highest BCUT2D eigenvalue weighted by Crippen LogP contribution is 2.50. The topological polar surface area (TPSA) is 0 Å². The number of halogens is 1. The highest BCUT2D eigenvalue weighted by atomic mass is 35.5. The third-order valence-electron chi connectivity index (χ3n) is 6.20. The molecule has 0 radical (unpaired) electrons. The summed E-state index contributed by atoms with van der Waals surface area (Å²) in [4.78, 5) is 0. The molecule has 2 unspecified atom stereocenters. The molecule has 1 fully saturated rings. The molecule has 2 aromatic carbocycles. The first-order valence-corrected chi connectivity index (χ1v) is 9.62. The summed E-state index contributed by atoms with van der Waals surface area (Å²) in [6.07, 6.45) is 2.71. The van der Waals surface area contributed by atoms with Gasteiger partial charge in [-0.1, -0.05) is 42.8 Å². The van der Waals surface area contributed by atoms with Crippen molar-refractivity contribution in [2.75, 3.05) is 19.6 Å². The Hall–Kier alpha value is -1.31. The Morgan fingerprint density at radius 1 is 1.04 bits per heavy atom. The molecule has 24 heavy (non-hydrogen) atoms. The average Bonchev–Trinajstić information content (AvgIpc) is 2.99. The fourth-order valence-corrected chi connectivity index (χ4v) is 5.60. The van der Waals surface area contributed by atoms with E-state index in [1.54, 1.807) is 11.3 Å². The predicted octanol–water partition coefficient (Wildman–Crippen LogP) is 5.84. The molecule has 0 aliphatic carbocycles. The lowest BCUT2D eigenvalue weighted by Crippen LogP contribution is -2.54. The molecule has 2 aliphatic heterocycles. The lowest BCUT2D eigenvalue weighted by atomic mass is 9.74. The SMILES string of the molecule is Cc1cc(C)c2c(c1)[N+]1(CCCC1)CC(C)C2c1ccccc1Cl. The molecule has 1 nitrogen and oxygen atoms in total. The zero-order valence-corrected chi connectivity index (χ0v) is 15.7. The van der Waals surface area contributed by atoms with Gasteiger partial charge in [0.25, 0.3) is 0 Å². The van der Waals surface area contributed by atoms with Crippen molar-refractivity contribution < 1.29 is 0 Å². The van der Waals surface area contributed by atoms with Crippen LogP contribution >= 0.6 is 11.6 Å². The van der Waals surface area contributed by atoms with Crippen molar-refractivity contribution in [3.05, 3.63) is 63.7 Å². The standard InChI is InChI=1S/C22H27ClN/c1-15-12-16(2)22-20(13-15)24(10-6-7-11-24)14-17(3)21(22)18-8-4-5-9-19(18)23/h4-5,8-9,12-13,17,21H,6-7,10-11,14H2,1-3H3/q+1. The Morgan fingerprint density at radius 2 is 1.75 bits per heavy atom. The molecule has 0 bridgehead atoms. The van der Waals surface area contributed by atoms with Gasteiger partial charge in [-0.3, -0.25) is 4.48 Å². The molecule has 4 rings (SSSR count). The van der Waals surface area contributed by atoms with Crippen molar-refractivity contribution >= 4 is 17.3 Å². The Labute approximate surface area is 150 Å². The molecule has 2 heteroatoms. The molecule has 2 aliphatic rings. The number of hydrogen-bond donors (Lipinski definition) is 0. The molecule has 1 spiro atoms. The van der Waals surface area contributed by atoms with E-state index in [0.29, 0.717) is 11.8 Å². The molecule has 2 aromatic rings. The normalized spacial score (nSPS) is 25.0. The second-order valence-corrected chi connectivity index (χ2v) is 8.38. The van der Waals surface area contributed by atoms with Crippen molar-refractivity contribution in [1.82, 2.24) is 4.48 Å². The maximum absolute atomic E-state index is 6.62. The van der Waals surface area contributed by atoms with Crippen LogP contribution in [0.2, 0.25) is 5.02 Å². The third-order valence-corrected chi connectivity index (χ3v) is 6.54. The van der Waals surface area contributed by atoms with Gasteiger partial charge in [-0.2, -0.15) is 0 Å². The highest BCUT2D eigenvalue weighted by Gasteiger charge is 2.46. The van der Waals surface area contributed by atoms with Crippen molar-refractivity contribution in [3.63, 3.8) is 0 Å². The second-order valence-electron chi connectivity index (χ2n) is 7.97. The molecule has 1 saturated heterocycles. The zero-order valence-electron chi connectivity index (χ0n) is 15.0. The van der Waals surface area contributed by atoms with Gasteiger partial charge >= 0.3 is 0 Å². The van der Waals surface area contributed by atoms with Gasteiger partial charge in [-0.25, -0.2) is 0 Å². The molecular weight excluding hydrogens is 314 g/mol. The average molecular weight is 341 g/mol. The molecule has 0 amide bonds. The van der Waals surface area contributed by atoms with Crippen LogP contribution in [0.25, 0.3) is 0 Å². The first-order chi connectivity index (χ1) is 11.5. The fraction of sp³-hybridized carbons (Fsp3) is 0.455. The summed E-state index contributed by atoms with van der Waals surface area (Å²) < 4.78 is 1.19. The first kappa shape index (κ1) is 16.2. The van der Waals surface area contributed by atoms with Crippen LogP contribution in [0.1, 0.15) is 47.9 Å².